The predicted octanol–water partition coefficient (Wildman–Crippen LogP) is 8.17. The monoisotopic (exact) mass is 492 g/mol. The van der Waals surface area contributed by atoms with Crippen LogP contribution in [0.4, 0.5) is 22.0 Å². The molecule has 2 aliphatic rings. The first-order valence-electron chi connectivity index (χ1n) is 12.7. The molecule has 1 saturated carbocycles. The summed E-state index contributed by atoms with van der Waals surface area (Å²) in [6, 6.07) is 2.39. The van der Waals surface area contributed by atoms with Crippen LogP contribution in [0.15, 0.2) is 12.1 Å². The topological polar surface area (TPSA) is 27.7 Å². The van der Waals surface area contributed by atoms with Crippen molar-refractivity contribution in [2.75, 3.05) is 13.2 Å². The van der Waals surface area contributed by atoms with Gasteiger partial charge in [-0.2, -0.15) is 8.78 Å². The Kier molecular flexibility index (Phi) is 10.0. The van der Waals surface area contributed by atoms with Crippen molar-refractivity contribution in [1.82, 2.24) is 0 Å². The van der Waals surface area contributed by atoms with E-state index >= 15 is 4.39 Å². The van der Waals surface area contributed by atoms with Gasteiger partial charge in [0.15, 0.2) is 0 Å². The molecule has 2 unspecified atom stereocenters. The van der Waals surface area contributed by atoms with Gasteiger partial charge in [-0.05, 0) is 68.9 Å². The first-order valence-corrected chi connectivity index (χ1v) is 12.7. The van der Waals surface area contributed by atoms with E-state index in [0.717, 1.165) is 44.6 Å². The van der Waals surface area contributed by atoms with Crippen molar-refractivity contribution in [2.45, 2.75) is 109 Å². The molecule has 2 fully saturated rings. The second kappa shape index (κ2) is 12.5. The molecule has 1 aliphatic heterocycles. The highest BCUT2D eigenvalue weighted by Gasteiger charge is 2.45. The predicted molar refractivity (Wildman–Crippen MR) is 120 cm³/mol. The highest BCUT2D eigenvalue weighted by atomic mass is 19.3. The van der Waals surface area contributed by atoms with E-state index < -0.39 is 35.6 Å². The zero-order chi connectivity index (χ0) is 24.7. The van der Waals surface area contributed by atoms with Crippen molar-refractivity contribution in [2.24, 2.45) is 5.92 Å². The molecule has 3 nitrogen and oxygen atoms in total. The molecule has 1 aliphatic carbocycles. The molecule has 1 aromatic rings. The molecule has 2 atom stereocenters. The normalized spacial score (nSPS) is 26.1. The quantitative estimate of drug-likeness (QED) is 0.230. The van der Waals surface area contributed by atoms with Gasteiger partial charge >= 0.3 is 6.11 Å². The maximum atomic E-state index is 15.2. The zero-order valence-electron chi connectivity index (χ0n) is 20.1. The fourth-order valence-electron chi connectivity index (χ4n) is 4.99. The smallest absolute Gasteiger partial charge is 0.402 e. The van der Waals surface area contributed by atoms with Gasteiger partial charge in [0, 0.05) is 6.61 Å². The fraction of sp³-hybridized carbons (Fsp3) is 0.769. The van der Waals surface area contributed by atoms with Crippen LogP contribution in [-0.2, 0) is 9.47 Å². The van der Waals surface area contributed by atoms with Crippen LogP contribution >= 0.6 is 0 Å². The first-order chi connectivity index (χ1) is 16.3. The number of benzene rings is 1. The molecule has 0 aromatic heterocycles. The average molecular weight is 493 g/mol. The first kappa shape index (κ1) is 27.2. The van der Waals surface area contributed by atoms with Crippen LogP contribution < -0.4 is 4.74 Å². The SMILES string of the molecule is CCCCOC1CCC(c2ccc(OC(F)(F)C3CCC(CCC)OC3)c(C(F)F)c2F)CC1. The summed E-state index contributed by atoms with van der Waals surface area (Å²) in [5.41, 5.74) is -0.944. The third-order valence-electron chi connectivity index (χ3n) is 7.06. The molecular weight excluding hydrogens is 455 g/mol. The summed E-state index contributed by atoms with van der Waals surface area (Å²) in [4.78, 5) is 0. The molecule has 0 spiro atoms. The van der Waals surface area contributed by atoms with E-state index in [2.05, 4.69) is 6.92 Å². The van der Waals surface area contributed by atoms with Crippen LogP contribution in [-0.4, -0.2) is 31.5 Å². The lowest BCUT2D eigenvalue weighted by atomic mass is 9.82. The molecule has 8 heteroatoms. The largest absolute Gasteiger partial charge is 0.432 e. The van der Waals surface area contributed by atoms with Crippen molar-refractivity contribution >= 4 is 0 Å². The van der Waals surface area contributed by atoms with Gasteiger partial charge in [0.05, 0.1) is 30.3 Å². The Morgan fingerprint density at radius 3 is 2.35 bits per heavy atom. The van der Waals surface area contributed by atoms with Crippen LogP contribution in [0.25, 0.3) is 0 Å². The van der Waals surface area contributed by atoms with Gasteiger partial charge < -0.3 is 14.2 Å². The second-order valence-electron chi connectivity index (χ2n) is 9.56. The van der Waals surface area contributed by atoms with E-state index in [-0.39, 0.29) is 36.7 Å². The van der Waals surface area contributed by atoms with Gasteiger partial charge in [0.1, 0.15) is 11.6 Å². The lowest BCUT2D eigenvalue weighted by Gasteiger charge is -2.34. The van der Waals surface area contributed by atoms with Gasteiger partial charge in [-0.1, -0.05) is 32.8 Å². The van der Waals surface area contributed by atoms with Crippen molar-refractivity contribution in [1.29, 1.82) is 0 Å². The van der Waals surface area contributed by atoms with Gasteiger partial charge in [0.2, 0.25) is 0 Å². The van der Waals surface area contributed by atoms with E-state index in [9.17, 15) is 17.6 Å². The number of ether oxygens (including phenoxy) is 3. The molecule has 0 bridgehead atoms. The van der Waals surface area contributed by atoms with Gasteiger partial charge in [-0.15, -0.1) is 0 Å². The van der Waals surface area contributed by atoms with Gasteiger partial charge in [-0.3, -0.25) is 0 Å². The lowest BCUT2D eigenvalue weighted by molar-refractivity contribution is -0.241. The van der Waals surface area contributed by atoms with Crippen LogP contribution in [0.1, 0.15) is 102 Å². The number of hydrogen-bond acceptors (Lipinski definition) is 3. The minimum atomic E-state index is -3.73. The highest BCUT2D eigenvalue weighted by molar-refractivity contribution is 5.41. The number of halogens is 5. The number of rotatable bonds is 11. The molecule has 1 saturated heterocycles. The maximum Gasteiger partial charge on any atom is 0.402 e. The van der Waals surface area contributed by atoms with Crippen LogP contribution in [0.3, 0.4) is 0 Å². The molecule has 3 rings (SSSR count). The van der Waals surface area contributed by atoms with E-state index in [4.69, 9.17) is 14.2 Å². The molecule has 1 aromatic carbocycles. The number of hydrogen-bond donors (Lipinski definition) is 0. The molecule has 0 N–H and O–H groups in total. The molecular formula is C26H37F5O3. The molecule has 0 radical (unpaired) electrons. The summed E-state index contributed by atoms with van der Waals surface area (Å²) in [5.74, 6) is -3.45. The van der Waals surface area contributed by atoms with E-state index in [0.29, 0.717) is 25.9 Å². The van der Waals surface area contributed by atoms with Crippen LogP contribution in [0, 0.1) is 11.7 Å². The fourth-order valence-corrected chi connectivity index (χ4v) is 4.99. The zero-order valence-corrected chi connectivity index (χ0v) is 20.1. The average Bonchev–Trinajstić information content (AvgIpc) is 2.80. The van der Waals surface area contributed by atoms with Crippen molar-refractivity contribution in [3.63, 3.8) is 0 Å². The molecule has 0 amide bonds. The summed E-state index contributed by atoms with van der Waals surface area (Å²) in [6.07, 6.45) is -0.0359. The van der Waals surface area contributed by atoms with Crippen LogP contribution in [0.2, 0.25) is 0 Å². The standard InChI is InChI=1S/C26H37F5O3/c1-3-5-15-32-20-10-7-17(8-11-20)21-13-14-22(23(24(21)27)25(28)29)34-26(30,31)18-9-12-19(6-4-2)33-16-18/h13-14,17-20,25H,3-12,15-16H2,1-2H3. The third kappa shape index (κ3) is 6.84. The van der Waals surface area contributed by atoms with Gasteiger partial charge in [0.25, 0.3) is 6.43 Å². The highest BCUT2D eigenvalue weighted by Crippen LogP contribution is 2.43. The van der Waals surface area contributed by atoms with Crippen molar-refractivity contribution in [3.05, 3.63) is 29.1 Å². The lowest BCUT2D eigenvalue weighted by Crippen LogP contribution is -2.42. The summed E-state index contributed by atoms with van der Waals surface area (Å²) < 4.78 is 88.6. The van der Waals surface area contributed by atoms with E-state index in [1.165, 1.54) is 6.07 Å². The Morgan fingerprint density at radius 2 is 1.76 bits per heavy atom. The third-order valence-corrected chi connectivity index (χ3v) is 7.06. The second-order valence-corrected chi connectivity index (χ2v) is 9.56. The van der Waals surface area contributed by atoms with Crippen LogP contribution in [0.5, 0.6) is 5.75 Å². The Bertz CT molecular complexity index is 757. The summed E-state index contributed by atoms with van der Waals surface area (Å²) in [6.45, 7) is 4.54. The number of alkyl halides is 4. The Balaban J connectivity index is 1.68. The van der Waals surface area contributed by atoms with E-state index in [1.807, 2.05) is 6.92 Å². The van der Waals surface area contributed by atoms with Gasteiger partial charge in [-0.25, -0.2) is 13.2 Å². The Morgan fingerprint density at radius 1 is 1.03 bits per heavy atom. The summed E-state index contributed by atoms with van der Waals surface area (Å²) in [7, 11) is 0. The minimum Gasteiger partial charge on any atom is -0.432 e. The molecule has 194 valence electrons. The minimum absolute atomic E-state index is 0.0717. The van der Waals surface area contributed by atoms with E-state index in [1.54, 1.807) is 0 Å². The Labute approximate surface area is 199 Å². The maximum absolute atomic E-state index is 15.2. The molecule has 34 heavy (non-hydrogen) atoms. The summed E-state index contributed by atoms with van der Waals surface area (Å²) in [5, 5.41) is 0. The van der Waals surface area contributed by atoms with Crippen molar-refractivity contribution < 1.29 is 36.2 Å². The van der Waals surface area contributed by atoms with Crippen molar-refractivity contribution in [3.8, 4) is 5.75 Å². The Hall–Kier alpha value is -1.41. The summed E-state index contributed by atoms with van der Waals surface area (Å²) >= 11 is 0. The molecule has 1 heterocycles. The number of unbranched alkanes of at least 4 members (excludes halogenated alkanes) is 1.